The first-order valence-corrected chi connectivity index (χ1v) is 17.1. The van der Waals surface area contributed by atoms with Gasteiger partial charge in [-0.25, -0.2) is 16.8 Å². The minimum absolute atomic E-state index is 0.00214. The minimum atomic E-state index is -4.83. The maximum absolute atomic E-state index is 13.8. The molecule has 1 saturated carbocycles. The van der Waals surface area contributed by atoms with Gasteiger partial charge in [0, 0.05) is 11.6 Å². The lowest BCUT2D eigenvalue weighted by Crippen LogP contribution is -2.44. The van der Waals surface area contributed by atoms with E-state index in [9.17, 15) is 48.0 Å². The van der Waals surface area contributed by atoms with Crippen molar-refractivity contribution in [2.75, 3.05) is 22.9 Å². The second-order valence-corrected chi connectivity index (χ2v) is 15.5. The Morgan fingerprint density at radius 2 is 1.72 bits per heavy atom. The van der Waals surface area contributed by atoms with Crippen molar-refractivity contribution in [3.05, 3.63) is 48.0 Å². The third kappa shape index (κ3) is 8.17. The molecule has 18 heteroatoms. The van der Waals surface area contributed by atoms with Crippen LogP contribution >= 0.6 is 0 Å². The molecule has 0 bridgehead atoms. The Morgan fingerprint density at radius 3 is 2.33 bits per heavy atom. The fraction of sp³-hybridized carbons (Fsp3) is 0.536. The summed E-state index contributed by atoms with van der Waals surface area (Å²) >= 11 is 0. The average molecular weight is 702 g/mol. The normalized spacial score (nSPS) is 18.4. The number of rotatable bonds is 12. The smallest absolute Gasteiger partial charge is 0.416 e. The van der Waals surface area contributed by atoms with Gasteiger partial charge in [0.05, 0.1) is 27.9 Å². The van der Waals surface area contributed by atoms with E-state index in [0.29, 0.717) is 18.9 Å². The zero-order valence-electron chi connectivity index (χ0n) is 24.9. The Hall–Kier alpha value is -3.25. The Morgan fingerprint density at radius 1 is 1.04 bits per heavy atom. The first-order valence-electron chi connectivity index (χ1n) is 14.1. The minimum Gasteiger partial charge on any atom is -0.486 e. The van der Waals surface area contributed by atoms with Crippen LogP contribution in [0.25, 0.3) is 0 Å². The maximum Gasteiger partial charge on any atom is 0.416 e. The van der Waals surface area contributed by atoms with Crippen LogP contribution in [0, 0.1) is 5.92 Å². The summed E-state index contributed by atoms with van der Waals surface area (Å²) < 4.78 is 145. The monoisotopic (exact) mass is 701 g/mol. The summed E-state index contributed by atoms with van der Waals surface area (Å²) in [5.74, 6) is -1.54. The number of anilines is 2. The van der Waals surface area contributed by atoms with E-state index in [0.717, 1.165) is 36.4 Å². The number of amides is 1. The maximum atomic E-state index is 13.8. The zero-order valence-corrected chi connectivity index (χ0v) is 26.5. The number of ether oxygens (including phenoxy) is 2. The van der Waals surface area contributed by atoms with Crippen molar-refractivity contribution in [1.29, 1.82) is 0 Å². The van der Waals surface area contributed by atoms with E-state index in [1.54, 1.807) is 0 Å². The predicted molar refractivity (Wildman–Crippen MR) is 155 cm³/mol. The third-order valence-corrected chi connectivity index (χ3v) is 11.2. The lowest BCUT2D eigenvalue weighted by atomic mass is 10.0. The summed E-state index contributed by atoms with van der Waals surface area (Å²) in [5.41, 5.74) is -3.67. The Balaban J connectivity index is 1.58. The molecule has 1 aliphatic carbocycles. The van der Waals surface area contributed by atoms with E-state index in [1.165, 1.54) is 25.1 Å². The van der Waals surface area contributed by atoms with Crippen molar-refractivity contribution in [1.82, 2.24) is 4.72 Å². The van der Waals surface area contributed by atoms with E-state index in [4.69, 9.17) is 9.47 Å². The highest BCUT2D eigenvalue weighted by molar-refractivity contribution is 7.92. The SMILES string of the molecule is CC(CCC1CN(S(=O)(=O)c2cccc(C(F)(F)F)c2)c2cc(NCOC(C)(C)C(F)(F)F)ccc2O1)C(=O)NS(=O)(=O)C1CC1. The molecule has 0 spiro atoms. The molecular weight excluding hydrogens is 668 g/mol. The number of halogens is 6. The quantitative estimate of drug-likeness (QED) is 0.222. The number of alkyl halides is 6. The van der Waals surface area contributed by atoms with Gasteiger partial charge < -0.3 is 14.8 Å². The average Bonchev–Trinajstić information content (AvgIpc) is 3.81. The molecule has 2 aromatic rings. The summed E-state index contributed by atoms with van der Waals surface area (Å²) in [5, 5.41) is 2.00. The van der Waals surface area contributed by atoms with E-state index >= 15 is 0 Å². The molecule has 4 rings (SSSR count). The summed E-state index contributed by atoms with van der Waals surface area (Å²) in [6, 6.07) is 7.12. The number of fused-ring (bicyclic) bond motifs is 1. The number of carbonyl (C=O) groups is 1. The molecule has 1 aliphatic heterocycles. The van der Waals surface area contributed by atoms with Gasteiger partial charge in [-0.05, 0) is 75.9 Å². The van der Waals surface area contributed by atoms with Crippen LogP contribution in [0.1, 0.15) is 52.0 Å². The number of sulfonamides is 2. The number of nitrogens with zero attached hydrogens (tertiary/aromatic N) is 1. The first-order chi connectivity index (χ1) is 21.1. The van der Waals surface area contributed by atoms with Crippen LogP contribution in [-0.4, -0.2) is 59.1 Å². The number of hydrogen-bond acceptors (Lipinski definition) is 8. The van der Waals surface area contributed by atoms with Crippen molar-refractivity contribution in [3.63, 3.8) is 0 Å². The van der Waals surface area contributed by atoms with Gasteiger partial charge in [0.1, 0.15) is 18.6 Å². The van der Waals surface area contributed by atoms with Gasteiger partial charge in [-0.1, -0.05) is 13.0 Å². The van der Waals surface area contributed by atoms with Crippen molar-refractivity contribution in [2.45, 2.75) is 80.7 Å². The molecule has 1 fully saturated rings. The molecule has 256 valence electrons. The van der Waals surface area contributed by atoms with Crippen LogP contribution in [0.4, 0.5) is 37.7 Å². The summed E-state index contributed by atoms with van der Waals surface area (Å²) in [7, 11) is -8.45. The molecule has 46 heavy (non-hydrogen) atoms. The van der Waals surface area contributed by atoms with E-state index in [1.807, 2.05) is 4.72 Å². The molecule has 1 heterocycles. The Labute approximate surface area is 262 Å². The molecular formula is C28H33F6N3O7S2. The number of carbonyl (C=O) groups excluding carboxylic acids is 1. The lowest BCUT2D eigenvalue weighted by Gasteiger charge is -2.36. The van der Waals surface area contributed by atoms with Crippen molar-refractivity contribution >= 4 is 37.3 Å². The van der Waals surface area contributed by atoms with Crippen LogP contribution < -0.4 is 19.1 Å². The highest BCUT2D eigenvalue weighted by Crippen LogP contribution is 2.41. The van der Waals surface area contributed by atoms with Gasteiger partial charge in [-0.3, -0.25) is 13.8 Å². The number of benzene rings is 2. The summed E-state index contributed by atoms with van der Waals surface area (Å²) in [6.07, 6.45) is -9.36. The van der Waals surface area contributed by atoms with Gasteiger partial charge in [-0.15, -0.1) is 0 Å². The summed E-state index contributed by atoms with van der Waals surface area (Å²) in [6.45, 7) is 2.13. The van der Waals surface area contributed by atoms with Gasteiger partial charge in [0.2, 0.25) is 15.9 Å². The van der Waals surface area contributed by atoms with Crippen molar-refractivity contribution < 1.29 is 57.4 Å². The van der Waals surface area contributed by atoms with E-state index in [-0.39, 0.29) is 30.0 Å². The van der Waals surface area contributed by atoms with Gasteiger partial charge in [0.15, 0.2) is 5.60 Å². The Kier molecular flexibility index (Phi) is 9.86. The molecule has 2 N–H and O–H groups in total. The molecule has 2 unspecified atom stereocenters. The number of hydrogen-bond donors (Lipinski definition) is 2. The fourth-order valence-electron chi connectivity index (χ4n) is 4.41. The van der Waals surface area contributed by atoms with Crippen LogP contribution in [0.2, 0.25) is 0 Å². The number of nitrogens with one attached hydrogen (secondary N) is 2. The third-order valence-electron chi connectivity index (χ3n) is 7.61. The van der Waals surface area contributed by atoms with E-state index < -0.39 is 84.9 Å². The van der Waals surface area contributed by atoms with Crippen molar-refractivity contribution in [3.8, 4) is 5.75 Å². The molecule has 0 saturated heterocycles. The topological polar surface area (TPSA) is 131 Å². The Bertz CT molecular complexity index is 1660. The molecule has 2 aliphatic rings. The highest BCUT2D eigenvalue weighted by Gasteiger charge is 2.48. The van der Waals surface area contributed by atoms with Crippen LogP contribution in [0.15, 0.2) is 47.4 Å². The molecule has 10 nitrogen and oxygen atoms in total. The molecule has 0 radical (unpaired) electrons. The zero-order chi connectivity index (χ0) is 34.3. The van der Waals surface area contributed by atoms with Crippen LogP contribution in [0.5, 0.6) is 5.75 Å². The molecule has 2 aromatic carbocycles. The highest BCUT2D eigenvalue weighted by atomic mass is 32.2. The lowest BCUT2D eigenvalue weighted by molar-refractivity contribution is -0.261. The second kappa shape index (κ2) is 12.7. The van der Waals surface area contributed by atoms with E-state index in [2.05, 4.69) is 5.32 Å². The van der Waals surface area contributed by atoms with Crippen LogP contribution in [0.3, 0.4) is 0 Å². The molecule has 1 amide bonds. The fourth-order valence-corrected chi connectivity index (χ4v) is 7.36. The van der Waals surface area contributed by atoms with Crippen molar-refractivity contribution in [2.24, 2.45) is 5.92 Å². The summed E-state index contributed by atoms with van der Waals surface area (Å²) in [4.78, 5) is 11.8. The predicted octanol–water partition coefficient (Wildman–Crippen LogP) is 5.41. The standard InChI is InChI=1S/C28H33F6N3O7S2/c1-17(25(38)36-45(39,40)21-10-11-21)7-9-20-15-37(46(41,42)22-6-4-5-18(13-22)27(29,30)31)23-14-19(8-12-24(23)44-20)35-16-43-26(2,3)28(32,33)34/h4-6,8,12-14,17,20-21,35H,7,9-11,15-16H2,1-3H3,(H,36,38). The molecule has 0 aromatic heterocycles. The van der Waals surface area contributed by atoms with Crippen LogP contribution in [-0.2, 0) is 35.8 Å². The van der Waals surface area contributed by atoms with Gasteiger partial charge >= 0.3 is 12.4 Å². The van der Waals surface area contributed by atoms with Gasteiger partial charge in [-0.2, -0.15) is 26.3 Å². The molecule has 2 atom stereocenters. The largest absolute Gasteiger partial charge is 0.486 e. The first kappa shape index (κ1) is 35.6. The van der Waals surface area contributed by atoms with Gasteiger partial charge in [0.25, 0.3) is 10.0 Å². The second-order valence-electron chi connectivity index (χ2n) is 11.6.